The van der Waals surface area contributed by atoms with Crippen molar-refractivity contribution in [2.75, 3.05) is 0 Å². The highest BCUT2D eigenvalue weighted by Gasteiger charge is 2.52. The molecule has 0 spiro atoms. The van der Waals surface area contributed by atoms with Crippen LogP contribution in [0, 0.1) is 0 Å². The summed E-state index contributed by atoms with van der Waals surface area (Å²) in [5.74, 6) is -0.500. The third-order valence-corrected chi connectivity index (χ3v) is 3.12. The lowest BCUT2D eigenvalue weighted by Crippen LogP contribution is -2.24. The van der Waals surface area contributed by atoms with Gasteiger partial charge in [-0.3, -0.25) is 0 Å². The van der Waals surface area contributed by atoms with Crippen molar-refractivity contribution in [2.24, 2.45) is 0 Å². The lowest BCUT2D eigenvalue weighted by molar-refractivity contribution is -0.148. The minimum Gasteiger partial charge on any atom is -0.457 e. The van der Waals surface area contributed by atoms with Crippen molar-refractivity contribution in [1.29, 1.82) is 0 Å². The highest BCUT2D eigenvalue weighted by molar-refractivity contribution is 6.58. The molecule has 1 saturated heterocycles. The molecule has 0 aromatic carbocycles. The highest BCUT2D eigenvalue weighted by atomic mass is 35.5. The van der Waals surface area contributed by atoms with Gasteiger partial charge in [0.05, 0.1) is 0 Å². The number of alkyl halides is 2. The second kappa shape index (κ2) is 4.28. The molecule has 1 rings (SSSR count). The van der Waals surface area contributed by atoms with Crippen LogP contribution < -0.4 is 0 Å². The number of hydrogen-bond acceptors (Lipinski definition) is 2. The molecule has 0 amide bonds. The minimum atomic E-state index is -1.33. The predicted octanol–water partition coefficient (Wildman–Crippen LogP) is 3.45. The zero-order chi connectivity index (χ0) is 10.8. The maximum atomic E-state index is 11.3. The Bertz CT molecular complexity index is 228. The Morgan fingerprint density at radius 3 is 2.50 bits per heavy atom. The SMILES string of the molecule is CCCCCC1(C)CC(Cl)(Cl)C(=O)O1. The maximum absolute atomic E-state index is 11.3. The molecule has 2 nitrogen and oxygen atoms in total. The van der Waals surface area contributed by atoms with Gasteiger partial charge in [-0.1, -0.05) is 43.0 Å². The van der Waals surface area contributed by atoms with Crippen molar-refractivity contribution in [2.45, 2.75) is 55.9 Å². The number of carbonyl (C=O) groups is 1. The summed E-state index contributed by atoms with van der Waals surface area (Å²) in [5.41, 5.74) is -0.463. The van der Waals surface area contributed by atoms with E-state index in [2.05, 4.69) is 6.92 Å². The van der Waals surface area contributed by atoms with E-state index in [-0.39, 0.29) is 0 Å². The van der Waals surface area contributed by atoms with E-state index in [1.807, 2.05) is 6.92 Å². The monoisotopic (exact) mass is 238 g/mol. The molecule has 1 aliphatic rings. The number of carbonyl (C=O) groups excluding carboxylic acids is 1. The molecule has 0 N–H and O–H groups in total. The fourth-order valence-electron chi connectivity index (χ4n) is 1.76. The van der Waals surface area contributed by atoms with Crippen molar-refractivity contribution in [3.8, 4) is 0 Å². The van der Waals surface area contributed by atoms with Crippen LogP contribution in [0.4, 0.5) is 0 Å². The second-order valence-corrected chi connectivity index (χ2v) is 5.66. The fourth-order valence-corrected chi connectivity index (χ4v) is 2.41. The van der Waals surface area contributed by atoms with E-state index >= 15 is 0 Å². The molecule has 1 aliphatic heterocycles. The second-order valence-electron chi connectivity index (χ2n) is 4.18. The van der Waals surface area contributed by atoms with E-state index in [0.29, 0.717) is 6.42 Å². The standard InChI is InChI=1S/C10H16Cl2O2/c1-3-4-5-6-9(2)7-10(11,12)8(13)14-9/h3-7H2,1-2H3. The normalized spacial score (nSPS) is 30.4. The third kappa shape index (κ3) is 2.77. The van der Waals surface area contributed by atoms with Crippen LogP contribution in [0.2, 0.25) is 0 Å². The molecule has 82 valence electrons. The van der Waals surface area contributed by atoms with E-state index < -0.39 is 15.9 Å². The summed E-state index contributed by atoms with van der Waals surface area (Å²) in [7, 11) is 0. The van der Waals surface area contributed by atoms with Gasteiger partial charge in [0.15, 0.2) is 0 Å². The van der Waals surface area contributed by atoms with Gasteiger partial charge in [0.25, 0.3) is 0 Å². The molecule has 14 heavy (non-hydrogen) atoms. The maximum Gasteiger partial charge on any atom is 0.343 e. The molecule has 1 unspecified atom stereocenters. The van der Waals surface area contributed by atoms with Gasteiger partial charge in [0.1, 0.15) is 5.60 Å². The molecule has 1 fully saturated rings. The average molecular weight is 239 g/mol. The summed E-state index contributed by atoms with van der Waals surface area (Å²) in [5, 5.41) is 0. The molecule has 1 atom stereocenters. The Morgan fingerprint density at radius 1 is 1.43 bits per heavy atom. The highest BCUT2D eigenvalue weighted by Crippen LogP contribution is 2.43. The predicted molar refractivity (Wildman–Crippen MR) is 57.7 cm³/mol. The smallest absolute Gasteiger partial charge is 0.343 e. The van der Waals surface area contributed by atoms with Crippen molar-refractivity contribution in [3.05, 3.63) is 0 Å². The number of rotatable bonds is 4. The number of hydrogen-bond donors (Lipinski definition) is 0. The van der Waals surface area contributed by atoms with E-state index in [1.54, 1.807) is 0 Å². The van der Waals surface area contributed by atoms with Crippen LogP contribution in [0.3, 0.4) is 0 Å². The largest absolute Gasteiger partial charge is 0.457 e. The minimum absolute atomic E-state index is 0.395. The molecule has 4 heteroatoms. The number of esters is 1. The first-order valence-electron chi connectivity index (χ1n) is 5.01. The van der Waals surface area contributed by atoms with Gasteiger partial charge in [-0.15, -0.1) is 0 Å². The summed E-state index contributed by atoms with van der Waals surface area (Å²) in [6, 6.07) is 0. The van der Waals surface area contributed by atoms with Gasteiger partial charge in [-0.2, -0.15) is 0 Å². The summed E-state index contributed by atoms with van der Waals surface area (Å²) in [6.45, 7) is 4.03. The van der Waals surface area contributed by atoms with Gasteiger partial charge in [0, 0.05) is 6.42 Å². The molecule has 0 aromatic rings. The Labute approximate surface area is 94.9 Å². The van der Waals surface area contributed by atoms with Crippen LogP contribution in [-0.4, -0.2) is 15.9 Å². The Morgan fingerprint density at radius 2 is 2.07 bits per heavy atom. The lowest BCUT2D eigenvalue weighted by Gasteiger charge is -2.22. The zero-order valence-electron chi connectivity index (χ0n) is 8.61. The Balaban J connectivity index is 2.49. The number of cyclic esters (lactones) is 1. The average Bonchev–Trinajstić information content (AvgIpc) is 2.22. The molecule has 0 saturated carbocycles. The van der Waals surface area contributed by atoms with Crippen LogP contribution in [0.25, 0.3) is 0 Å². The zero-order valence-corrected chi connectivity index (χ0v) is 10.1. The number of ether oxygens (including phenoxy) is 1. The van der Waals surface area contributed by atoms with Crippen molar-refractivity contribution in [3.63, 3.8) is 0 Å². The summed E-state index contributed by atoms with van der Waals surface area (Å²) in [4.78, 5) is 11.3. The molecular formula is C10H16Cl2O2. The topological polar surface area (TPSA) is 26.3 Å². The number of unbranched alkanes of at least 4 members (excludes halogenated alkanes) is 2. The summed E-state index contributed by atoms with van der Waals surface area (Å²) in [6.07, 6.45) is 4.57. The molecule has 0 aliphatic carbocycles. The van der Waals surface area contributed by atoms with Gasteiger partial charge >= 0.3 is 5.97 Å². The molecule has 0 radical (unpaired) electrons. The van der Waals surface area contributed by atoms with E-state index in [9.17, 15) is 4.79 Å². The van der Waals surface area contributed by atoms with Gasteiger partial charge in [-0.05, 0) is 19.8 Å². The first-order chi connectivity index (χ1) is 6.40. The molecule has 1 heterocycles. The Kier molecular flexibility index (Phi) is 3.70. The Hall–Kier alpha value is 0.0500. The van der Waals surface area contributed by atoms with Crippen molar-refractivity contribution in [1.82, 2.24) is 0 Å². The van der Waals surface area contributed by atoms with Crippen LogP contribution in [0.5, 0.6) is 0 Å². The van der Waals surface area contributed by atoms with Crippen molar-refractivity contribution >= 4 is 29.2 Å². The summed E-state index contributed by atoms with van der Waals surface area (Å²) >= 11 is 11.6. The lowest BCUT2D eigenvalue weighted by atomic mass is 9.95. The van der Waals surface area contributed by atoms with E-state index in [4.69, 9.17) is 27.9 Å². The molecule has 0 aromatic heterocycles. The quantitative estimate of drug-likeness (QED) is 0.426. The van der Waals surface area contributed by atoms with Crippen molar-refractivity contribution < 1.29 is 9.53 Å². The van der Waals surface area contributed by atoms with Gasteiger partial charge < -0.3 is 4.74 Å². The fraction of sp³-hybridized carbons (Fsp3) is 0.900. The van der Waals surface area contributed by atoms with Gasteiger partial charge in [0.2, 0.25) is 4.33 Å². The third-order valence-electron chi connectivity index (χ3n) is 2.54. The first kappa shape index (κ1) is 12.1. The van der Waals surface area contributed by atoms with Crippen LogP contribution in [0.1, 0.15) is 46.0 Å². The molecule has 0 bridgehead atoms. The summed E-state index contributed by atoms with van der Waals surface area (Å²) < 4.78 is 3.88. The van der Waals surface area contributed by atoms with Gasteiger partial charge in [-0.25, -0.2) is 4.79 Å². The van der Waals surface area contributed by atoms with E-state index in [1.165, 1.54) is 0 Å². The number of halogens is 2. The van der Waals surface area contributed by atoms with Crippen LogP contribution in [-0.2, 0) is 9.53 Å². The molecular weight excluding hydrogens is 223 g/mol. The van der Waals surface area contributed by atoms with E-state index in [0.717, 1.165) is 25.7 Å². The first-order valence-corrected chi connectivity index (χ1v) is 5.76. The van der Waals surface area contributed by atoms with Crippen LogP contribution in [0.15, 0.2) is 0 Å². The van der Waals surface area contributed by atoms with Crippen LogP contribution >= 0.6 is 23.2 Å².